The lowest BCUT2D eigenvalue weighted by Gasteiger charge is -2.27. The summed E-state index contributed by atoms with van der Waals surface area (Å²) in [5.41, 5.74) is -0.935. The highest BCUT2D eigenvalue weighted by molar-refractivity contribution is 5.42. The van der Waals surface area contributed by atoms with Crippen molar-refractivity contribution in [2.24, 2.45) is 11.8 Å². The van der Waals surface area contributed by atoms with E-state index in [2.05, 4.69) is 27.3 Å². The molecule has 0 spiro atoms. The minimum atomic E-state index is -4.43. The number of nitrogens with one attached hydrogen (secondary N) is 1. The predicted molar refractivity (Wildman–Crippen MR) is 68.3 cm³/mol. The second kappa shape index (κ2) is 4.87. The molecule has 2 aliphatic heterocycles. The lowest BCUT2D eigenvalue weighted by molar-refractivity contribution is -0.141. The van der Waals surface area contributed by atoms with Crippen molar-refractivity contribution in [3.8, 4) is 0 Å². The maximum Gasteiger partial charge on any atom is 0.435 e. The van der Waals surface area contributed by atoms with Crippen molar-refractivity contribution < 1.29 is 13.2 Å². The molecule has 3 heterocycles. The van der Waals surface area contributed by atoms with E-state index >= 15 is 0 Å². The molecule has 7 heteroatoms. The summed E-state index contributed by atoms with van der Waals surface area (Å²) in [6, 6.07) is 2.79. The van der Waals surface area contributed by atoms with Gasteiger partial charge < -0.3 is 10.2 Å². The first-order valence-electron chi connectivity index (χ1n) is 6.89. The third-order valence-corrected chi connectivity index (χ3v) is 4.37. The van der Waals surface area contributed by atoms with Crippen LogP contribution in [0, 0.1) is 11.8 Å². The summed E-state index contributed by atoms with van der Waals surface area (Å²) in [6.07, 6.45) is -3.47. The Bertz CT molecular complexity index is 473. The van der Waals surface area contributed by atoms with Gasteiger partial charge in [-0.2, -0.15) is 13.2 Å². The molecule has 2 saturated heterocycles. The number of rotatable bonds is 2. The van der Waals surface area contributed by atoms with Gasteiger partial charge in [0.25, 0.3) is 0 Å². The van der Waals surface area contributed by atoms with Gasteiger partial charge in [0.05, 0.1) is 0 Å². The van der Waals surface area contributed by atoms with Crippen LogP contribution in [-0.2, 0) is 6.18 Å². The zero-order valence-electron chi connectivity index (χ0n) is 11.2. The van der Waals surface area contributed by atoms with Gasteiger partial charge in [-0.3, -0.25) is 0 Å². The van der Waals surface area contributed by atoms with Crippen LogP contribution in [0.4, 0.5) is 19.0 Å². The average molecular weight is 286 g/mol. The SMILES string of the molecule is CCC1C2CNCC2CN1c1ccc(C(F)(F)F)nn1. The Morgan fingerprint density at radius 2 is 2.10 bits per heavy atom. The second-order valence-corrected chi connectivity index (χ2v) is 5.48. The molecule has 4 nitrogen and oxygen atoms in total. The normalized spacial score (nSPS) is 29.8. The molecule has 0 amide bonds. The van der Waals surface area contributed by atoms with Crippen molar-refractivity contribution in [1.82, 2.24) is 15.5 Å². The molecule has 0 aliphatic carbocycles. The summed E-state index contributed by atoms with van der Waals surface area (Å²) < 4.78 is 37.5. The Morgan fingerprint density at radius 1 is 1.30 bits per heavy atom. The molecule has 110 valence electrons. The highest BCUT2D eigenvalue weighted by atomic mass is 19.4. The molecule has 1 aromatic rings. The number of anilines is 1. The van der Waals surface area contributed by atoms with Crippen LogP contribution < -0.4 is 10.2 Å². The van der Waals surface area contributed by atoms with E-state index in [-0.39, 0.29) is 0 Å². The summed E-state index contributed by atoms with van der Waals surface area (Å²) in [4.78, 5) is 2.11. The van der Waals surface area contributed by atoms with E-state index < -0.39 is 11.9 Å². The second-order valence-electron chi connectivity index (χ2n) is 5.48. The van der Waals surface area contributed by atoms with E-state index in [4.69, 9.17) is 0 Å². The first-order valence-corrected chi connectivity index (χ1v) is 6.89. The molecule has 3 atom stereocenters. The van der Waals surface area contributed by atoms with Crippen molar-refractivity contribution in [1.29, 1.82) is 0 Å². The third-order valence-electron chi connectivity index (χ3n) is 4.37. The zero-order valence-corrected chi connectivity index (χ0v) is 11.2. The van der Waals surface area contributed by atoms with Crippen LogP contribution in [0.5, 0.6) is 0 Å². The molecule has 0 aromatic carbocycles. The predicted octanol–water partition coefficient (Wildman–Crippen LogP) is 1.93. The van der Waals surface area contributed by atoms with Crippen molar-refractivity contribution in [3.63, 3.8) is 0 Å². The third kappa shape index (κ3) is 2.24. The summed E-state index contributed by atoms with van der Waals surface area (Å²) in [7, 11) is 0. The van der Waals surface area contributed by atoms with Crippen LogP contribution in [0.2, 0.25) is 0 Å². The number of halogens is 3. The fourth-order valence-corrected chi connectivity index (χ4v) is 3.44. The topological polar surface area (TPSA) is 41.0 Å². The van der Waals surface area contributed by atoms with Gasteiger partial charge in [-0.1, -0.05) is 6.92 Å². The maximum atomic E-state index is 12.5. The molecule has 2 fully saturated rings. The standard InChI is InChI=1S/C13H17F3N4/c1-2-10-9-6-17-5-8(9)7-20(10)12-4-3-11(18-19-12)13(14,15)16/h3-4,8-10,17H,2,5-7H2,1H3. The van der Waals surface area contributed by atoms with Gasteiger partial charge in [-0.05, 0) is 30.4 Å². The highest BCUT2D eigenvalue weighted by Crippen LogP contribution is 2.37. The van der Waals surface area contributed by atoms with E-state index in [1.165, 1.54) is 6.07 Å². The van der Waals surface area contributed by atoms with Crippen LogP contribution in [-0.4, -0.2) is 35.9 Å². The Balaban J connectivity index is 1.82. The summed E-state index contributed by atoms with van der Waals surface area (Å²) in [5, 5.41) is 10.5. The van der Waals surface area contributed by atoms with Gasteiger partial charge in [0.1, 0.15) is 0 Å². The molecular weight excluding hydrogens is 269 g/mol. The van der Waals surface area contributed by atoms with E-state index in [1.807, 2.05) is 0 Å². The Labute approximate surface area is 115 Å². The summed E-state index contributed by atoms with van der Waals surface area (Å²) in [6.45, 7) is 4.91. The average Bonchev–Trinajstić information content (AvgIpc) is 2.97. The van der Waals surface area contributed by atoms with E-state index in [0.29, 0.717) is 23.7 Å². The Hall–Kier alpha value is -1.37. The fraction of sp³-hybridized carbons (Fsp3) is 0.692. The lowest BCUT2D eigenvalue weighted by atomic mass is 9.93. The van der Waals surface area contributed by atoms with Gasteiger partial charge in [-0.25, -0.2) is 0 Å². The lowest BCUT2D eigenvalue weighted by Crippen LogP contribution is -2.35. The molecule has 1 N–H and O–H groups in total. The molecule has 2 aliphatic rings. The number of hydrogen-bond donors (Lipinski definition) is 1. The van der Waals surface area contributed by atoms with Gasteiger partial charge in [-0.15, -0.1) is 10.2 Å². The Morgan fingerprint density at radius 3 is 2.70 bits per heavy atom. The molecule has 3 unspecified atom stereocenters. The maximum absolute atomic E-state index is 12.5. The quantitative estimate of drug-likeness (QED) is 0.902. The van der Waals surface area contributed by atoms with Gasteiger partial charge in [0.2, 0.25) is 0 Å². The smallest absolute Gasteiger partial charge is 0.351 e. The minimum absolute atomic E-state index is 0.334. The number of alkyl halides is 3. The Kier molecular flexibility index (Phi) is 3.32. The molecule has 0 saturated carbocycles. The summed E-state index contributed by atoms with van der Waals surface area (Å²) in [5.74, 6) is 1.67. The number of nitrogens with zero attached hydrogens (tertiary/aromatic N) is 3. The van der Waals surface area contributed by atoms with Gasteiger partial charge in [0, 0.05) is 25.7 Å². The zero-order chi connectivity index (χ0) is 14.3. The monoisotopic (exact) mass is 286 g/mol. The molecule has 0 radical (unpaired) electrons. The van der Waals surface area contributed by atoms with Crippen molar-refractivity contribution in [2.45, 2.75) is 25.6 Å². The summed E-state index contributed by atoms with van der Waals surface area (Å²) >= 11 is 0. The van der Waals surface area contributed by atoms with E-state index in [9.17, 15) is 13.2 Å². The van der Waals surface area contributed by atoms with Crippen LogP contribution >= 0.6 is 0 Å². The number of hydrogen-bond acceptors (Lipinski definition) is 4. The van der Waals surface area contributed by atoms with E-state index in [1.54, 1.807) is 0 Å². The fourth-order valence-electron chi connectivity index (χ4n) is 3.44. The van der Waals surface area contributed by atoms with Crippen LogP contribution in [0.1, 0.15) is 19.0 Å². The molecule has 20 heavy (non-hydrogen) atoms. The largest absolute Gasteiger partial charge is 0.435 e. The van der Waals surface area contributed by atoms with Crippen molar-refractivity contribution in [3.05, 3.63) is 17.8 Å². The first kappa shape index (κ1) is 13.6. The van der Waals surface area contributed by atoms with Crippen molar-refractivity contribution in [2.75, 3.05) is 24.5 Å². The number of fused-ring (bicyclic) bond motifs is 1. The molecule has 1 aromatic heterocycles. The minimum Gasteiger partial charge on any atom is -0.351 e. The first-order chi connectivity index (χ1) is 9.50. The highest BCUT2D eigenvalue weighted by Gasteiger charge is 2.44. The van der Waals surface area contributed by atoms with Gasteiger partial charge >= 0.3 is 6.18 Å². The van der Waals surface area contributed by atoms with Crippen molar-refractivity contribution >= 4 is 5.82 Å². The van der Waals surface area contributed by atoms with Crippen LogP contribution in [0.3, 0.4) is 0 Å². The molecule has 3 rings (SSSR count). The van der Waals surface area contributed by atoms with Crippen LogP contribution in [0.25, 0.3) is 0 Å². The van der Waals surface area contributed by atoms with Crippen LogP contribution in [0.15, 0.2) is 12.1 Å². The van der Waals surface area contributed by atoms with Gasteiger partial charge in [0.15, 0.2) is 11.5 Å². The molecule has 0 bridgehead atoms. The van der Waals surface area contributed by atoms with E-state index in [0.717, 1.165) is 32.1 Å². The number of aromatic nitrogens is 2. The molecular formula is C13H17F3N4.